The van der Waals surface area contributed by atoms with E-state index in [9.17, 15) is 0 Å². The summed E-state index contributed by atoms with van der Waals surface area (Å²) >= 11 is 0. The van der Waals surface area contributed by atoms with E-state index in [1.807, 2.05) is 0 Å². The monoisotopic (exact) mass is 383 g/mol. The Labute approximate surface area is 169 Å². The van der Waals surface area contributed by atoms with E-state index in [1.165, 1.54) is 21.5 Å². The van der Waals surface area contributed by atoms with Crippen LogP contribution in [-0.2, 0) is 0 Å². The van der Waals surface area contributed by atoms with Gasteiger partial charge >= 0.3 is 0 Å². The Morgan fingerprint density at radius 2 is 1.21 bits per heavy atom. The minimum absolute atomic E-state index is 0.323. The largest absolute Gasteiger partial charge is 0.301 e. The smallest absolute Gasteiger partial charge is 0.0445 e. The molecule has 0 saturated carbocycles. The van der Waals surface area contributed by atoms with E-state index in [1.54, 1.807) is 0 Å². The molecule has 0 N–H and O–H groups in total. The van der Waals surface area contributed by atoms with Crippen molar-refractivity contribution in [1.82, 2.24) is 4.90 Å². The van der Waals surface area contributed by atoms with Crippen LogP contribution in [0, 0.1) is 5.92 Å². The van der Waals surface area contributed by atoms with Crippen molar-refractivity contribution in [1.29, 1.82) is 0 Å². The molecule has 28 heavy (non-hydrogen) atoms. The second-order valence-electron chi connectivity index (χ2n) is 7.33. The molecule has 0 bridgehead atoms. The van der Waals surface area contributed by atoms with Crippen LogP contribution in [0.3, 0.4) is 0 Å². The molecule has 0 aliphatic heterocycles. The summed E-state index contributed by atoms with van der Waals surface area (Å²) in [6.07, 6.45) is 6.99. The van der Waals surface area contributed by atoms with E-state index in [-0.39, 0.29) is 0 Å². The van der Waals surface area contributed by atoms with Crippen molar-refractivity contribution in [2.24, 2.45) is 5.92 Å². The van der Waals surface area contributed by atoms with Gasteiger partial charge in [0.05, 0.1) is 0 Å². The van der Waals surface area contributed by atoms with Gasteiger partial charge in [0.25, 0.3) is 0 Å². The molecule has 1 aliphatic rings. The van der Waals surface area contributed by atoms with Crippen LogP contribution < -0.4 is 10.6 Å². The molecule has 0 radical (unpaired) electrons. The van der Waals surface area contributed by atoms with Crippen LogP contribution in [0.25, 0.3) is 0 Å². The van der Waals surface area contributed by atoms with Crippen molar-refractivity contribution in [3.05, 3.63) is 120 Å². The fourth-order valence-electron chi connectivity index (χ4n) is 4.05. The number of rotatable bonds is 6. The molecule has 1 nitrogen and oxygen atoms in total. The lowest BCUT2D eigenvalue weighted by molar-refractivity contribution is 0.265. The normalized spacial score (nSPS) is 17.1. The fraction of sp³-hybridized carbons (Fsp3) is 0.154. The third-order valence-corrected chi connectivity index (χ3v) is 7.84. The Kier molecular flexibility index (Phi) is 5.86. The van der Waals surface area contributed by atoms with E-state index in [0.717, 1.165) is 0 Å². The highest BCUT2D eigenvalue weighted by molar-refractivity contribution is 7.76. The van der Waals surface area contributed by atoms with Gasteiger partial charge in [-0.3, -0.25) is 0 Å². The van der Waals surface area contributed by atoms with E-state index < -0.39 is 7.92 Å². The zero-order valence-electron chi connectivity index (χ0n) is 16.4. The number of benzene rings is 3. The number of nitrogens with zero attached hydrogens (tertiary/aromatic N) is 1. The average molecular weight is 383 g/mol. The van der Waals surface area contributed by atoms with Gasteiger partial charge in [-0.1, -0.05) is 109 Å². The van der Waals surface area contributed by atoms with Crippen molar-refractivity contribution in [2.75, 3.05) is 14.1 Å². The molecule has 3 aromatic carbocycles. The van der Waals surface area contributed by atoms with Crippen molar-refractivity contribution < 1.29 is 0 Å². The Morgan fingerprint density at radius 3 is 1.71 bits per heavy atom. The van der Waals surface area contributed by atoms with E-state index >= 15 is 0 Å². The molecule has 3 aromatic rings. The van der Waals surface area contributed by atoms with Gasteiger partial charge in [0.1, 0.15) is 0 Å². The van der Waals surface area contributed by atoms with Gasteiger partial charge in [-0.05, 0) is 43.5 Å². The first kappa shape index (κ1) is 18.9. The summed E-state index contributed by atoms with van der Waals surface area (Å²) < 4.78 is 0. The summed E-state index contributed by atoms with van der Waals surface area (Å²) in [4.78, 5) is 2.35. The van der Waals surface area contributed by atoms with Crippen LogP contribution in [0.4, 0.5) is 0 Å². The lowest BCUT2D eigenvalue weighted by Crippen LogP contribution is -2.28. The Hall–Kier alpha value is -2.47. The first-order valence-electron chi connectivity index (χ1n) is 9.75. The lowest BCUT2D eigenvalue weighted by Gasteiger charge is -2.34. The molecule has 140 valence electrons. The van der Waals surface area contributed by atoms with Gasteiger partial charge in [0, 0.05) is 12.0 Å². The fourth-order valence-corrected chi connectivity index (χ4v) is 6.65. The SMILES string of the molecule is CN(C)C(c1ccccc1)C1C=CC=C1P(c1ccccc1)c1ccccc1. The molecule has 0 fully saturated rings. The van der Waals surface area contributed by atoms with Crippen molar-refractivity contribution >= 4 is 18.5 Å². The van der Waals surface area contributed by atoms with Gasteiger partial charge < -0.3 is 4.90 Å². The first-order valence-corrected chi connectivity index (χ1v) is 11.1. The van der Waals surface area contributed by atoms with Crippen LogP contribution in [0.15, 0.2) is 115 Å². The summed E-state index contributed by atoms with van der Waals surface area (Å²) in [6.45, 7) is 0. The highest BCUT2D eigenvalue weighted by Crippen LogP contribution is 2.52. The molecule has 2 unspecified atom stereocenters. The van der Waals surface area contributed by atoms with Gasteiger partial charge in [0.2, 0.25) is 0 Å². The molecule has 0 heterocycles. The second-order valence-corrected chi connectivity index (χ2v) is 9.55. The molecule has 0 saturated heterocycles. The summed E-state index contributed by atoms with van der Waals surface area (Å²) in [7, 11) is 3.81. The number of hydrogen-bond acceptors (Lipinski definition) is 1. The number of allylic oxidation sites excluding steroid dienone is 2. The molecule has 0 aromatic heterocycles. The predicted octanol–water partition coefficient (Wildman–Crippen LogP) is 5.49. The molecule has 2 heteroatoms. The van der Waals surface area contributed by atoms with Gasteiger partial charge in [-0.25, -0.2) is 0 Å². The minimum atomic E-state index is -0.567. The maximum absolute atomic E-state index is 2.38. The molecular weight excluding hydrogens is 357 g/mol. The maximum atomic E-state index is 2.38. The molecule has 1 aliphatic carbocycles. The highest BCUT2D eigenvalue weighted by Gasteiger charge is 2.33. The topological polar surface area (TPSA) is 3.24 Å². The van der Waals surface area contributed by atoms with Crippen LogP contribution in [0.5, 0.6) is 0 Å². The van der Waals surface area contributed by atoms with Gasteiger partial charge in [-0.15, -0.1) is 0 Å². The predicted molar refractivity (Wildman–Crippen MR) is 123 cm³/mol. The van der Waals surface area contributed by atoms with E-state index in [0.29, 0.717) is 12.0 Å². The van der Waals surface area contributed by atoms with Crippen LogP contribution in [0.1, 0.15) is 11.6 Å². The Morgan fingerprint density at radius 1 is 0.714 bits per heavy atom. The summed E-state index contributed by atoms with van der Waals surface area (Å²) in [5, 5.41) is 4.35. The van der Waals surface area contributed by atoms with Gasteiger partial charge in [-0.2, -0.15) is 0 Å². The van der Waals surface area contributed by atoms with Crippen LogP contribution in [-0.4, -0.2) is 19.0 Å². The maximum Gasteiger partial charge on any atom is 0.0445 e. The van der Waals surface area contributed by atoms with Crippen LogP contribution >= 0.6 is 7.92 Å². The van der Waals surface area contributed by atoms with Crippen molar-refractivity contribution in [3.8, 4) is 0 Å². The molecular formula is C26H26NP. The standard InChI is InChI=1S/C26H26NP/c1-27(2)26(21-13-6-3-7-14-21)24-19-12-20-25(24)28(22-15-8-4-9-16-22)23-17-10-5-11-18-23/h3-20,24,26H,1-2H3. The first-order chi connectivity index (χ1) is 13.8. The van der Waals surface area contributed by atoms with Crippen LogP contribution in [0.2, 0.25) is 0 Å². The Bertz CT molecular complexity index is 906. The van der Waals surface area contributed by atoms with Gasteiger partial charge in [0.15, 0.2) is 0 Å². The zero-order valence-corrected chi connectivity index (χ0v) is 17.3. The summed E-state index contributed by atoms with van der Waals surface area (Å²) in [6, 6.07) is 33.2. The third-order valence-electron chi connectivity index (χ3n) is 5.25. The van der Waals surface area contributed by atoms with Crippen molar-refractivity contribution in [2.45, 2.75) is 6.04 Å². The average Bonchev–Trinajstić information content (AvgIpc) is 3.19. The molecule has 2 atom stereocenters. The van der Waals surface area contributed by atoms with Crippen molar-refractivity contribution in [3.63, 3.8) is 0 Å². The third kappa shape index (κ3) is 3.87. The lowest BCUT2D eigenvalue weighted by atomic mass is 9.93. The number of hydrogen-bond donors (Lipinski definition) is 0. The summed E-state index contributed by atoms with van der Waals surface area (Å²) in [5.74, 6) is 0.365. The molecule has 4 rings (SSSR count). The molecule has 0 amide bonds. The minimum Gasteiger partial charge on any atom is -0.301 e. The summed E-state index contributed by atoms with van der Waals surface area (Å²) in [5.41, 5.74) is 1.37. The van der Waals surface area contributed by atoms with E-state index in [4.69, 9.17) is 0 Å². The zero-order chi connectivity index (χ0) is 19.3. The quantitative estimate of drug-likeness (QED) is 0.509. The second kappa shape index (κ2) is 8.69. The van der Waals surface area contributed by atoms with E-state index in [2.05, 4.69) is 128 Å². The molecule has 0 spiro atoms. The highest BCUT2D eigenvalue weighted by atomic mass is 31.1. The Balaban J connectivity index is 1.78.